The first kappa shape index (κ1) is 19.3. The molecule has 0 bridgehead atoms. The second-order valence-electron chi connectivity index (χ2n) is 6.93. The normalized spacial score (nSPS) is 11.0. The zero-order valence-electron chi connectivity index (χ0n) is 16.6. The minimum absolute atomic E-state index is 0.198. The number of aromatic nitrogens is 3. The van der Waals surface area contributed by atoms with Crippen LogP contribution in [0.5, 0.6) is 5.75 Å². The van der Waals surface area contributed by atoms with Crippen molar-refractivity contribution in [2.45, 2.75) is 13.5 Å². The third kappa shape index (κ3) is 5.08. The summed E-state index contributed by atoms with van der Waals surface area (Å²) in [5, 5.41) is 0. The standard InChI is InChI=1S/C25H21N3O2/c1-18-2-4-20(5-3-18)17-30-23-10-7-19(8-11-23)6-9-22-16-24(29)28-25(27-22)21-12-14-26-15-13-21/h2-16H,17H2,1H3,(H,27,28,29). The summed E-state index contributed by atoms with van der Waals surface area (Å²) >= 11 is 0. The molecular formula is C25H21N3O2. The fourth-order valence-corrected chi connectivity index (χ4v) is 2.92. The first-order valence-corrected chi connectivity index (χ1v) is 9.64. The Morgan fingerprint density at radius 1 is 0.933 bits per heavy atom. The van der Waals surface area contributed by atoms with E-state index in [0.29, 0.717) is 18.1 Å². The minimum atomic E-state index is -0.198. The molecule has 0 saturated carbocycles. The lowest BCUT2D eigenvalue weighted by molar-refractivity contribution is 0.306. The lowest BCUT2D eigenvalue weighted by atomic mass is 10.1. The lowest BCUT2D eigenvalue weighted by Crippen LogP contribution is -2.08. The molecule has 2 heterocycles. The highest BCUT2D eigenvalue weighted by Gasteiger charge is 2.02. The van der Waals surface area contributed by atoms with Gasteiger partial charge in [-0.25, -0.2) is 4.98 Å². The fraction of sp³-hybridized carbons (Fsp3) is 0.0800. The molecule has 1 N–H and O–H groups in total. The van der Waals surface area contributed by atoms with E-state index in [1.54, 1.807) is 24.5 Å². The molecule has 4 rings (SSSR count). The quantitative estimate of drug-likeness (QED) is 0.505. The van der Waals surface area contributed by atoms with Crippen molar-refractivity contribution in [3.8, 4) is 17.1 Å². The number of rotatable bonds is 6. The van der Waals surface area contributed by atoms with Gasteiger partial charge in [0, 0.05) is 24.0 Å². The predicted molar refractivity (Wildman–Crippen MR) is 119 cm³/mol. The van der Waals surface area contributed by atoms with E-state index in [0.717, 1.165) is 22.4 Å². The maximum Gasteiger partial charge on any atom is 0.251 e. The topological polar surface area (TPSA) is 67.9 Å². The van der Waals surface area contributed by atoms with Gasteiger partial charge < -0.3 is 9.72 Å². The summed E-state index contributed by atoms with van der Waals surface area (Å²) in [5.41, 5.74) is 4.56. The molecule has 4 aromatic rings. The maximum absolute atomic E-state index is 12.0. The van der Waals surface area contributed by atoms with E-state index in [-0.39, 0.29) is 5.56 Å². The summed E-state index contributed by atoms with van der Waals surface area (Å²) in [5.74, 6) is 1.33. The van der Waals surface area contributed by atoms with Crippen molar-refractivity contribution >= 4 is 12.2 Å². The van der Waals surface area contributed by atoms with Crippen molar-refractivity contribution < 1.29 is 4.74 Å². The molecule has 0 aliphatic heterocycles. The van der Waals surface area contributed by atoms with Gasteiger partial charge in [0.2, 0.25) is 0 Å². The highest BCUT2D eigenvalue weighted by atomic mass is 16.5. The van der Waals surface area contributed by atoms with Gasteiger partial charge >= 0.3 is 0 Å². The number of aromatic amines is 1. The van der Waals surface area contributed by atoms with Gasteiger partial charge in [-0.3, -0.25) is 9.78 Å². The summed E-state index contributed by atoms with van der Waals surface area (Å²) in [6.45, 7) is 2.60. The molecule has 0 spiro atoms. The van der Waals surface area contributed by atoms with Gasteiger partial charge in [-0.2, -0.15) is 0 Å². The van der Waals surface area contributed by atoms with E-state index in [2.05, 4.69) is 46.1 Å². The van der Waals surface area contributed by atoms with Crippen LogP contribution in [0.15, 0.2) is 83.9 Å². The van der Waals surface area contributed by atoms with Crippen LogP contribution in [0.25, 0.3) is 23.5 Å². The largest absolute Gasteiger partial charge is 0.489 e. The van der Waals surface area contributed by atoms with Gasteiger partial charge in [-0.05, 0) is 48.4 Å². The van der Waals surface area contributed by atoms with Crippen molar-refractivity contribution in [1.82, 2.24) is 15.0 Å². The number of ether oxygens (including phenoxy) is 1. The SMILES string of the molecule is Cc1ccc(COc2ccc(C=Cc3cc(=O)[nH]c(-c4ccncc4)n3)cc2)cc1. The first-order chi connectivity index (χ1) is 14.7. The van der Waals surface area contributed by atoms with Crippen LogP contribution in [0.4, 0.5) is 0 Å². The van der Waals surface area contributed by atoms with Gasteiger partial charge in [-0.15, -0.1) is 0 Å². The van der Waals surface area contributed by atoms with E-state index in [1.165, 1.54) is 11.6 Å². The van der Waals surface area contributed by atoms with Crippen LogP contribution < -0.4 is 10.3 Å². The van der Waals surface area contributed by atoms with E-state index >= 15 is 0 Å². The van der Waals surface area contributed by atoms with Crippen molar-refractivity contribution in [3.63, 3.8) is 0 Å². The van der Waals surface area contributed by atoms with Crippen LogP contribution in [0, 0.1) is 6.92 Å². The average molecular weight is 395 g/mol. The molecule has 0 unspecified atom stereocenters. The second kappa shape index (κ2) is 9.01. The minimum Gasteiger partial charge on any atom is -0.489 e. The van der Waals surface area contributed by atoms with Gasteiger partial charge in [0.1, 0.15) is 18.2 Å². The maximum atomic E-state index is 12.0. The van der Waals surface area contributed by atoms with Crippen LogP contribution in [0.3, 0.4) is 0 Å². The number of hydrogen-bond acceptors (Lipinski definition) is 4. The number of pyridine rings is 1. The number of H-pyrrole nitrogens is 1. The van der Waals surface area contributed by atoms with Crippen molar-refractivity contribution in [3.05, 3.63) is 112 Å². The molecule has 148 valence electrons. The number of hydrogen-bond donors (Lipinski definition) is 1. The van der Waals surface area contributed by atoms with Crippen molar-refractivity contribution in [2.75, 3.05) is 0 Å². The smallest absolute Gasteiger partial charge is 0.251 e. The molecule has 0 aliphatic carbocycles. The molecule has 0 atom stereocenters. The number of nitrogens with zero attached hydrogens (tertiary/aromatic N) is 2. The van der Waals surface area contributed by atoms with Gasteiger partial charge in [0.15, 0.2) is 0 Å². The predicted octanol–water partition coefficient (Wildman–Crippen LogP) is 4.89. The molecule has 0 saturated heterocycles. The zero-order valence-corrected chi connectivity index (χ0v) is 16.6. The molecule has 5 nitrogen and oxygen atoms in total. The molecule has 5 heteroatoms. The summed E-state index contributed by atoms with van der Waals surface area (Å²) in [6, 6.07) is 21.2. The van der Waals surface area contributed by atoms with E-state index in [9.17, 15) is 4.79 Å². The highest BCUT2D eigenvalue weighted by Crippen LogP contribution is 2.17. The molecule has 0 amide bonds. The van der Waals surface area contributed by atoms with Gasteiger partial charge in [-0.1, -0.05) is 48.0 Å². The fourth-order valence-electron chi connectivity index (χ4n) is 2.92. The summed E-state index contributed by atoms with van der Waals surface area (Å²) in [6.07, 6.45) is 7.07. The molecule has 2 aromatic heterocycles. The lowest BCUT2D eigenvalue weighted by Gasteiger charge is -2.07. The number of benzene rings is 2. The second-order valence-corrected chi connectivity index (χ2v) is 6.93. The molecule has 30 heavy (non-hydrogen) atoms. The number of nitrogens with one attached hydrogen (secondary N) is 1. The Morgan fingerprint density at radius 2 is 1.67 bits per heavy atom. The van der Waals surface area contributed by atoms with Crippen LogP contribution in [-0.4, -0.2) is 15.0 Å². The molecule has 0 aliphatic rings. The number of aryl methyl sites for hydroxylation is 1. The monoisotopic (exact) mass is 395 g/mol. The van der Waals surface area contributed by atoms with Crippen LogP contribution in [-0.2, 0) is 6.61 Å². The van der Waals surface area contributed by atoms with Gasteiger partial charge in [0.05, 0.1) is 5.69 Å². The van der Waals surface area contributed by atoms with E-state index in [1.807, 2.05) is 36.4 Å². The summed E-state index contributed by atoms with van der Waals surface area (Å²) in [4.78, 5) is 23.2. The molecular weight excluding hydrogens is 374 g/mol. The third-order valence-corrected chi connectivity index (χ3v) is 4.57. The van der Waals surface area contributed by atoms with Crippen LogP contribution in [0.1, 0.15) is 22.4 Å². The Kier molecular flexibility index (Phi) is 5.80. The third-order valence-electron chi connectivity index (χ3n) is 4.57. The first-order valence-electron chi connectivity index (χ1n) is 9.64. The van der Waals surface area contributed by atoms with Crippen molar-refractivity contribution in [2.24, 2.45) is 0 Å². The Morgan fingerprint density at radius 3 is 2.40 bits per heavy atom. The molecule has 0 radical (unpaired) electrons. The van der Waals surface area contributed by atoms with Gasteiger partial charge in [0.25, 0.3) is 5.56 Å². The molecule has 0 fully saturated rings. The Labute approximate surface area is 174 Å². The zero-order chi connectivity index (χ0) is 20.8. The average Bonchev–Trinajstić information content (AvgIpc) is 2.78. The summed E-state index contributed by atoms with van der Waals surface area (Å²) in [7, 11) is 0. The van der Waals surface area contributed by atoms with Crippen LogP contribution in [0.2, 0.25) is 0 Å². The van der Waals surface area contributed by atoms with Crippen molar-refractivity contribution in [1.29, 1.82) is 0 Å². The van der Waals surface area contributed by atoms with E-state index in [4.69, 9.17) is 4.74 Å². The molecule has 2 aromatic carbocycles. The van der Waals surface area contributed by atoms with E-state index < -0.39 is 0 Å². The Bertz CT molecular complexity index is 1200. The summed E-state index contributed by atoms with van der Waals surface area (Å²) < 4.78 is 5.84. The van der Waals surface area contributed by atoms with Crippen LogP contribution >= 0.6 is 0 Å². The Balaban J connectivity index is 1.43. The Hall–Kier alpha value is -3.99. The highest BCUT2D eigenvalue weighted by molar-refractivity contribution is 5.69.